The lowest BCUT2D eigenvalue weighted by molar-refractivity contribution is 0.0953. The Morgan fingerprint density at radius 3 is 2.75 bits per heavy atom. The quantitative estimate of drug-likeness (QED) is 0.916. The highest BCUT2D eigenvalue weighted by molar-refractivity contribution is 7.92. The predicted octanol–water partition coefficient (Wildman–Crippen LogP) is 1.54. The van der Waals surface area contributed by atoms with Gasteiger partial charge in [0.15, 0.2) is 0 Å². The summed E-state index contributed by atoms with van der Waals surface area (Å²) >= 11 is 0. The number of amides is 1. The monoisotopic (exact) mass is 296 g/mol. The van der Waals surface area contributed by atoms with Crippen molar-refractivity contribution in [3.8, 4) is 0 Å². The van der Waals surface area contributed by atoms with Crippen LogP contribution < -0.4 is 9.62 Å². The normalized spacial score (nSPS) is 17.9. The van der Waals surface area contributed by atoms with E-state index in [9.17, 15) is 13.2 Å². The van der Waals surface area contributed by atoms with Gasteiger partial charge in [0.25, 0.3) is 5.91 Å². The van der Waals surface area contributed by atoms with Gasteiger partial charge in [0.1, 0.15) is 0 Å². The first-order valence-electron chi connectivity index (χ1n) is 6.75. The summed E-state index contributed by atoms with van der Waals surface area (Å²) in [4.78, 5) is 11.9. The number of anilines is 1. The maximum Gasteiger partial charge on any atom is 0.251 e. The Bertz CT molecular complexity index is 625. The third kappa shape index (κ3) is 2.80. The number of rotatable bonds is 4. The van der Waals surface area contributed by atoms with Crippen molar-refractivity contribution in [1.82, 2.24) is 5.32 Å². The molecule has 0 aromatic heterocycles. The van der Waals surface area contributed by atoms with Crippen molar-refractivity contribution in [2.24, 2.45) is 0 Å². The zero-order valence-corrected chi connectivity index (χ0v) is 12.8. The maximum atomic E-state index is 11.9. The summed E-state index contributed by atoms with van der Waals surface area (Å²) in [5.74, 6) is -0.111. The molecule has 0 bridgehead atoms. The summed E-state index contributed by atoms with van der Waals surface area (Å²) in [6.07, 6.45) is 2.73. The van der Waals surface area contributed by atoms with Crippen molar-refractivity contribution in [3.05, 3.63) is 29.3 Å². The third-order valence-corrected chi connectivity index (χ3v) is 4.66. The van der Waals surface area contributed by atoms with Crippen molar-refractivity contribution in [3.63, 3.8) is 0 Å². The van der Waals surface area contributed by atoms with Crippen LogP contribution in [-0.2, 0) is 16.4 Å². The highest BCUT2D eigenvalue weighted by atomic mass is 32.2. The second-order valence-corrected chi connectivity index (χ2v) is 7.07. The lowest BCUT2D eigenvalue weighted by Gasteiger charge is -2.21. The Morgan fingerprint density at radius 2 is 2.15 bits per heavy atom. The number of carbonyl (C=O) groups is 1. The second-order valence-electron chi connectivity index (χ2n) is 5.21. The van der Waals surface area contributed by atoms with Gasteiger partial charge >= 0.3 is 0 Å². The molecule has 2 rings (SSSR count). The summed E-state index contributed by atoms with van der Waals surface area (Å²) in [7, 11) is -3.28. The molecule has 5 nitrogen and oxygen atoms in total. The van der Waals surface area contributed by atoms with Gasteiger partial charge in [-0.2, -0.15) is 0 Å². The van der Waals surface area contributed by atoms with Crippen molar-refractivity contribution < 1.29 is 13.2 Å². The molecular formula is C14H20N2O3S. The van der Waals surface area contributed by atoms with E-state index in [1.807, 2.05) is 13.8 Å². The molecule has 0 saturated heterocycles. The Morgan fingerprint density at radius 1 is 1.45 bits per heavy atom. The summed E-state index contributed by atoms with van der Waals surface area (Å²) in [5.41, 5.74) is 2.18. The van der Waals surface area contributed by atoms with Gasteiger partial charge in [-0.05, 0) is 43.5 Å². The van der Waals surface area contributed by atoms with Gasteiger partial charge in [-0.15, -0.1) is 0 Å². The minimum atomic E-state index is -3.28. The van der Waals surface area contributed by atoms with Crippen LogP contribution in [0, 0.1) is 0 Å². The lowest BCUT2D eigenvalue weighted by atomic mass is 10.1. The zero-order valence-electron chi connectivity index (χ0n) is 12.0. The minimum absolute atomic E-state index is 0.103. The lowest BCUT2D eigenvalue weighted by Crippen LogP contribution is -2.34. The van der Waals surface area contributed by atoms with Gasteiger partial charge in [-0.3, -0.25) is 9.10 Å². The van der Waals surface area contributed by atoms with Crippen LogP contribution >= 0.6 is 0 Å². The van der Waals surface area contributed by atoms with Gasteiger partial charge in [-0.25, -0.2) is 8.42 Å². The zero-order chi connectivity index (χ0) is 14.9. The number of hydrogen-bond acceptors (Lipinski definition) is 3. The highest BCUT2D eigenvalue weighted by Gasteiger charge is 2.32. The molecule has 20 heavy (non-hydrogen) atoms. The first-order chi connectivity index (χ1) is 9.34. The molecule has 110 valence electrons. The van der Waals surface area contributed by atoms with E-state index in [0.717, 1.165) is 12.0 Å². The second kappa shape index (κ2) is 5.44. The molecular weight excluding hydrogens is 276 g/mol. The summed E-state index contributed by atoms with van der Waals surface area (Å²) < 4.78 is 25.1. The van der Waals surface area contributed by atoms with E-state index >= 15 is 0 Å². The molecule has 1 heterocycles. The Balaban J connectivity index is 2.31. The van der Waals surface area contributed by atoms with Gasteiger partial charge < -0.3 is 5.32 Å². The van der Waals surface area contributed by atoms with Crippen LogP contribution in [0.2, 0.25) is 0 Å². The van der Waals surface area contributed by atoms with E-state index in [1.165, 1.54) is 10.6 Å². The van der Waals surface area contributed by atoms with Crippen LogP contribution in [0.25, 0.3) is 0 Å². The maximum absolute atomic E-state index is 11.9. The van der Waals surface area contributed by atoms with E-state index < -0.39 is 10.0 Å². The SMILES string of the molecule is CCCNC(=O)c1ccc2c(c1)C[C@H](C)N2S(C)(=O)=O. The van der Waals surface area contributed by atoms with E-state index in [1.54, 1.807) is 18.2 Å². The predicted molar refractivity (Wildman–Crippen MR) is 79.6 cm³/mol. The van der Waals surface area contributed by atoms with Gasteiger partial charge in [0.2, 0.25) is 10.0 Å². The molecule has 1 aliphatic heterocycles. The molecule has 0 aliphatic carbocycles. The van der Waals surface area contributed by atoms with Crippen molar-refractivity contribution in [1.29, 1.82) is 0 Å². The molecule has 0 radical (unpaired) electrons. The average Bonchev–Trinajstić information content (AvgIpc) is 2.70. The first kappa shape index (κ1) is 14.8. The summed E-state index contributed by atoms with van der Waals surface area (Å²) in [5, 5.41) is 2.82. The summed E-state index contributed by atoms with van der Waals surface area (Å²) in [6, 6.07) is 5.09. The molecule has 1 amide bonds. The smallest absolute Gasteiger partial charge is 0.251 e. The minimum Gasteiger partial charge on any atom is -0.352 e. The van der Waals surface area contributed by atoms with Crippen molar-refractivity contribution in [2.45, 2.75) is 32.7 Å². The number of hydrogen-bond donors (Lipinski definition) is 1. The molecule has 1 aliphatic rings. The average molecular weight is 296 g/mol. The molecule has 1 atom stereocenters. The third-order valence-electron chi connectivity index (χ3n) is 3.39. The largest absolute Gasteiger partial charge is 0.352 e. The van der Waals surface area contributed by atoms with Crippen LogP contribution in [0.5, 0.6) is 0 Å². The summed E-state index contributed by atoms with van der Waals surface area (Å²) in [6.45, 7) is 4.51. The molecule has 1 N–H and O–H groups in total. The number of fused-ring (bicyclic) bond motifs is 1. The van der Waals surface area contributed by atoms with Gasteiger partial charge in [0.05, 0.1) is 11.9 Å². The molecule has 0 fully saturated rings. The van der Waals surface area contributed by atoms with Crippen molar-refractivity contribution in [2.75, 3.05) is 17.1 Å². The number of benzene rings is 1. The molecule has 6 heteroatoms. The fourth-order valence-corrected chi connectivity index (χ4v) is 3.85. The fraction of sp³-hybridized carbons (Fsp3) is 0.500. The van der Waals surface area contributed by atoms with Gasteiger partial charge in [0, 0.05) is 18.2 Å². The first-order valence-corrected chi connectivity index (χ1v) is 8.60. The van der Waals surface area contributed by atoms with E-state index in [-0.39, 0.29) is 11.9 Å². The van der Waals surface area contributed by atoms with E-state index in [2.05, 4.69) is 5.32 Å². The standard InChI is InChI=1S/C14H20N2O3S/c1-4-7-15-14(17)11-5-6-13-12(9-11)8-10(2)16(13)20(3,18)19/h5-6,9-10H,4,7-8H2,1-3H3,(H,15,17)/t10-/m0/s1. The molecule has 1 aromatic carbocycles. The van der Waals surface area contributed by atoms with E-state index in [4.69, 9.17) is 0 Å². The Hall–Kier alpha value is -1.56. The topological polar surface area (TPSA) is 66.5 Å². The van der Waals surface area contributed by atoms with Crippen LogP contribution in [0.15, 0.2) is 18.2 Å². The number of sulfonamides is 1. The molecule has 1 aromatic rings. The highest BCUT2D eigenvalue weighted by Crippen LogP contribution is 2.34. The number of carbonyl (C=O) groups excluding carboxylic acids is 1. The molecule has 0 saturated carbocycles. The number of nitrogens with one attached hydrogen (secondary N) is 1. The molecule has 0 spiro atoms. The van der Waals surface area contributed by atoms with Crippen molar-refractivity contribution >= 4 is 21.6 Å². The Kier molecular flexibility index (Phi) is 4.04. The van der Waals surface area contributed by atoms with Crippen LogP contribution in [0.4, 0.5) is 5.69 Å². The fourth-order valence-electron chi connectivity index (χ4n) is 2.59. The van der Waals surface area contributed by atoms with Crippen LogP contribution in [0.3, 0.4) is 0 Å². The van der Waals surface area contributed by atoms with Crippen LogP contribution in [0.1, 0.15) is 36.2 Å². The number of nitrogens with zero attached hydrogens (tertiary/aromatic N) is 1. The van der Waals surface area contributed by atoms with Crippen LogP contribution in [-0.4, -0.2) is 33.2 Å². The molecule has 0 unspecified atom stereocenters. The Labute approximate surface area is 120 Å². The van der Waals surface area contributed by atoms with Gasteiger partial charge in [-0.1, -0.05) is 6.92 Å². The van der Waals surface area contributed by atoms with E-state index in [0.29, 0.717) is 24.2 Å².